The number of benzene rings is 1. The fourth-order valence-corrected chi connectivity index (χ4v) is 3.43. The number of hydrogen-bond acceptors (Lipinski definition) is 6. The van der Waals surface area contributed by atoms with Crippen molar-refractivity contribution >= 4 is 23.3 Å². The summed E-state index contributed by atoms with van der Waals surface area (Å²) in [6.45, 7) is 2.99. The van der Waals surface area contributed by atoms with Crippen LogP contribution in [0.15, 0.2) is 61.1 Å². The highest BCUT2D eigenvalue weighted by Gasteiger charge is 2.33. The molecule has 0 radical (unpaired) electrons. The second-order valence-corrected chi connectivity index (χ2v) is 7.91. The first-order valence-electron chi connectivity index (χ1n) is 10.7. The number of halogens is 4. The minimum absolute atomic E-state index is 0.243. The van der Waals surface area contributed by atoms with Gasteiger partial charge < -0.3 is 10.6 Å². The maximum atomic E-state index is 14.7. The Morgan fingerprint density at radius 2 is 1.62 bits per heavy atom. The molecule has 0 spiro atoms. The van der Waals surface area contributed by atoms with Crippen LogP contribution >= 0.6 is 0 Å². The van der Waals surface area contributed by atoms with Gasteiger partial charge in [0.2, 0.25) is 5.91 Å². The second kappa shape index (κ2) is 10.1. The van der Waals surface area contributed by atoms with Crippen LogP contribution in [0.4, 0.5) is 29.1 Å². The summed E-state index contributed by atoms with van der Waals surface area (Å²) in [6, 6.07) is 9.04. The smallest absolute Gasteiger partial charge is 0.319 e. The molecular formula is C25H18F4N6O2. The third kappa shape index (κ3) is 5.92. The highest BCUT2D eigenvalue weighted by atomic mass is 19.4. The van der Waals surface area contributed by atoms with Gasteiger partial charge in [-0.1, -0.05) is 0 Å². The first-order chi connectivity index (χ1) is 17.5. The molecule has 0 aliphatic carbocycles. The summed E-state index contributed by atoms with van der Waals surface area (Å²) in [6.07, 6.45) is -0.905. The molecule has 12 heteroatoms. The number of carbonyl (C=O) groups excluding carboxylic acids is 2. The summed E-state index contributed by atoms with van der Waals surface area (Å²) in [5.41, 5.74) is 0.107. The van der Waals surface area contributed by atoms with Gasteiger partial charge in [-0.05, 0) is 55.0 Å². The highest BCUT2D eigenvalue weighted by Crippen LogP contribution is 2.30. The van der Waals surface area contributed by atoms with Gasteiger partial charge in [-0.15, -0.1) is 0 Å². The maximum absolute atomic E-state index is 14.7. The zero-order valence-electron chi connectivity index (χ0n) is 19.4. The number of nitrogens with zero attached hydrogens (tertiary/aromatic N) is 4. The maximum Gasteiger partial charge on any atom is 0.433 e. The Morgan fingerprint density at radius 1 is 0.892 bits per heavy atom. The van der Waals surface area contributed by atoms with Crippen molar-refractivity contribution in [1.29, 1.82) is 0 Å². The van der Waals surface area contributed by atoms with Crippen molar-refractivity contribution < 1.29 is 27.2 Å². The Labute approximate surface area is 207 Å². The summed E-state index contributed by atoms with van der Waals surface area (Å²) in [5.74, 6) is -1.39. The van der Waals surface area contributed by atoms with E-state index in [2.05, 4.69) is 30.6 Å². The minimum atomic E-state index is -4.74. The van der Waals surface area contributed by atoms with Crippen LogP contribution < -0.4 is 10.6 Å². The fourth-order valence-electron chi connectivity index (χ4n) is 3.43. The van der Waals surface area contributed by atoms with Crippen molar-refractivity contribution in [2.45, 2.75) is 20.0 Å². The monoisotopic (exact) mass is 510 g/mol. The standard InChI is InChI=1S/C25H18F4N6O2/c1-13-9-18(26)20(35-24(37)16-4-6-30-21(10-16)25(27,28)29)12-17(13)19-5-8-32-23(34-19)15-3-7-31-22(11-15)33-14(2)36/h3-12H,1-2H3,(H,35,37)(H,31,33,36). The van der Waals surface area contributed by atoms with Gasteiger partial charge in [0.1, 0.15) is 17.3 Å². The number of nitrogens with one attached hydrogen (secondary N) is 2. The molecule has 1 aromatic carbocycles. The van der Waals surface area contributed by atoms with E-state index in [4.69, 9.17) is 0 Å². The van der Waals surface area contributed by atoms with E-state index in [1.165, 1.54) is 31.5 Å². The second-order valence-electron chi connectivity index (χ2n) is 7.91. The van der Waals surface area contributed by atoms with E-state index < -0.39 is 23.6 Å². The summed E-state index contributed by atoms with van der Waals surface area (Å²) in [5, 5.41) is 4.89. The summed E-state index contributed by atoms with van der Waals surface area (Å²) in [7, 11) is 0. The van der Waals surface area contributed by atoms with Crippen molar-refractivity contribution in [3.8, 4) is 22.6 Å². The van der Waals surface area contributed by atoms with Crippen LogP contribution in [0.3, 0.4) is 0 Å². The van der Waals surface area contributed by atoms with Crippen LogP contribution in [-0.2, 0) is 11.0 Å². The molecule has 0 bridgehead atoms. The molecule has 4 aromatic rings. The van der Waals surface area contributed by atoms with Gasteiger partial charge in [0.25, 0.3) is 5.91 Å². The molecule has 4 rings (SSSR count). The van der Waals surface area contributed by atoms with Gasteiger partial charge in [-0.3, -0.25) is 14.6 Å². The quantitative estimate of drug-likeness (QED) is 0.354. The Kier molecular flexibility index (Phi) is 6.92. The fraction of sp³-hybridized carbons (Fsp3) is 0.120. The van der Waals surface area contributed by atoms with Crippen LogP contribution in [0.5, 0.6) is 0 Å². The zero-order chi connectivity index (χ0) is 26.7. The molecule has 188 valence electrons. The van der Waals surface area contributed by atoms with Crippen LogP contribution in [0.25, 0.3) is 22.6 Å². The average molecular weight is 510 g/mol. The molecule has 37 heavy (non-hydrogen) atoms. The number of alkyl halides is 3. The lowest BCUT2D eigenvalue weighted by atomic mass is 10.0. The molecule has 0 saturated heterocycles. The summed E-state index contributed by atoms with van der Waals surface area (Å²) < 4.78 is 53.6. The van der Waals surface area contributed by atoms with Crippen LogP contribution in [0.2, 0.25) is 0 Å². The molecule has 0 atom stereocenters. The molecule has 2 amide bonds. The number of pyridine rings is 2. The molecule has 0 aliphatic heterocycles. The topological polar surface area (TPSA) is 110 Å². The molecule has 0 unspecified atom stereocenters. The number of hydrogen-bond donors (Lipinski definition) is 2. The van der Waals surface area contributed by atoms with E-state index in [-0.39, 0.29) is 17.2 Å². The van der Waals surface area contributed by atoms with E-state index in [9.17, 15) is 27.2 Å². The van der Waals surface area contributed by atoms with Crippen molar-refractivity contribution in [2.24, 2.45) is 0 Å². The number of aromatic nitrogens is 4. The van der Waals surface area contributed by atoms with E-state index >= 15 is 0 Å². The molecule has 3 heterocycles. The number of carbonyl (C=O) groups is 2. The lowest BCUT2D eigenvalue weighted by Crippen LogP contribution is -2.16. The third-order valence-electron chi connectivity index (χ3n) is 5.13. The van der Waals surface area contributed by atoms with Crippen molar-refractivity contribution in [3.05, 3.63) is 83.7 Å². The summed E-state index contributed by atoms with van der Waals surface area (Å²) in [4.78, 5) is 40.0. The first kappa shape index (κ1) is 25.4. The number of amides is 2. The SMILES string of the molecule is CC(=O)Nc1cc(-c2nccc(-c3cc(NC(=O)c4ccnc(C(F)(F)F)c4)c(F)cc3C)n2)ccn1. The Bertz CT molecular complexity index is 1510. The normalized spacial score (nSPS) is 11.2. The van der Waals surface area contributed by atoms with Gasteiger partial charge in [0, 0.05) is 42.2 Å². The number of anilines is 2. The molecule has 0 fully saturated rings. The molecule has 3 aromatic heterocycles. The van der Waals surface area contributed by atoms with Gasteiger partial charge in [-0.25, -0.2) is 19.3 Å². The van der Waals surface area contributed by atoms with Gasteiger partial charge in [0.15, 0.2) is 5.82 Å². The summed E-state index contributed by atoms with van der Waals surface area (Å²) >= 11 is 0. The Balaban J connectivity index is 1.66. The molecule has 0 saturated carbocycles. The van der Waals surface area contributed by atoms with Gasteiger partial charge in [0.05, 0.1) is 11.4 Å². The van der Waals surface area contributed by atoms with E-state index in [1.54, 1.807) is 25.1 Å². The average Bonchev–Trinajstić information content (AvgIpc) is 2.85. The largest absolute Gasteiger partial charge is 0.433 e. The highest BCUT2D eigenvalue weighted by molar-refractivity contribution is 6.04. The van der Waals surface area contributed by atoms with Crippen LogP contribution in [0.1, 0.15) is 28.5 Å². The Hall–Kier alpha value is -4.74. The van der Waals surface area contributed by atoms with Crippen molar-refractivity contribution in [1.82, 2.24) is 19.9 Å². The Morgan fingerprint density at radius 3 is 2.35 bits per heavy atom. The van der Waals surface area contributed by atoms with Gasteiger partial charge in [-0.2, -0.15) is 13.2 Å². The van der Waals surface area contributed by atoms with Crippen molar-refractivity contribution in [2.75, 3.05) is 10.6 Å². The number of aryl methyl sites for hydroxylation is 1. The minimum Gasteiger partial charge on any atom is -0.319 e. The third-order valence-corrected chi connectivity index (χ3v) is 5.13. The zero-order valence-corrected chi connectivity index (χ0v) is 19.4. The van der Waals surface area contributed by atoms with E-state index in [1.807, 2.05) is 0 Å². The van der Waals surface area contributed by atoms with Crippen LogP contribution in [-0.4, -0.2) is 31.8 Å². The lowest BCUT2D eigenvalue weighted by molar-refractivity contribution is -0.141. The lowest BCUT2D eigenvalue weighted by Gasteiger charge is -2.13. The predicted molar refractivity (Wildman–Crippen MR) is 127 cm³/mol. The predicted octanol–water partition coefficient (Wildman–Crippen LogP) is 5.28. The van der Waals surface area contributed by atoms with Gasteiger partial charge >= 0.3 is 6.18 Å². The molecule has 2 N–H and O–H groups in total. The number of rotatable bonds is 5. The van der Waals surface area contributed by atoms with Crippen molar-refractivity contribution in [3.63, 3.8) is 0 Å². The first-order valence-corrected chi connectivity index (χ1v) is 10.7. The molecular weight excluding hydrogens is 492 g/mol. The van der Waals surface area contributed by atoms with Crippen LogP contribution in [0, 0.1) is 12.7 Å². The molecule has 0 aliphatic rings. The molecule has 8 nitrogen and oxygen atoms in total. The van der Waals surface area contributed by atoms with E-state index in [0.717, 1.165) is 12.3 Å². The van der Waals surface area contributed by atoms with E-state index in [0.29, 0.717) is 40.1 Å².